The number of carboxylic acid groups (broad SMARTS) is 1. The number of amides is 3. The number of benzene rings is 1. The van der Waals surface area contributed by atoms with Crippen LogP contribution in [0.4, 0.5) is 9.18 Å². The summed E-state index contributed by atoms with van der Waals surface area (Å²) in [5.41, 5.74) is -1.37. The van der Waals surface area contributed by atoms with E-state index in [0.29, 0.717) is 0 Å². The lowest BCUT2D eigenvalue weighted by Gasteiger charge is -2.27. The fraction of sp³-hybridized carbons (Fsp3) is 0.471. The Morgan fingerprint density at radius 2 is 1.85 bits per heavy atom. The molecule has 0 radical (unpaired) electrons. The Morgan fingerprint density at radius 1 is 1.23 bits per heavy atom. The molecule has 0 aromatic heterocycles. The number of carbonyl (C=O) groups is 3. The molecular weight excluding hydrogens is 365 g/mol. The summed E-state index contributed by atoms with van der Waals surface area (Å²) in [6, 6.07) is 3.50. The van der Waals surface area contributed by atoms with E-state index in [-0.39, 0.29) is 42.8 Å². The fourth-order valence-electron chi connectivity index (χ4n) is 3.78. The van der Waals surface area contributed by atoms with E-state index in [1.807, 2.05) is 0 Å². The second-order valence-corrected chi connectivity index (χ2v) is 7.46. The molecule has 2 aliphatic rings. The highest BCUT2D eigenvalue weighted by molar-refractivity contribution is 6.30. The lowest BCUT2D eigenvalue weighted by molar-refractivity contribution is -0.148. The maximum atomic E-state index is 14.0. The van der Waals surface area contributed by atoms with Gasteiger partial charge in [0.25, 0.3) is 5.91 Å². The van der Waals surface area contributed by atoms with Gasteiger partial charge in [-0.3, -0.25) is 9.59 Å². The van der Waals surface area contributed by atoms with E-state index >= 15 is 0 Å². The Hall–Kier alpha value is -2.35. The van der Waals surface area contributed by atoms with Crippen LogP contribution in [0, 0.1) is 17.2 Å². The van der Waals surface area contributed by atoms with Crippen LogP contribution in [0.3, 0.4) is 0 Å². The maximum Gasteiger partial charge on any atom is 0.319 e. The van der Waals surface area contributed by atoms with Crippen molar-refractivity contribution < 1.29 is 23.9 Å². The smallest absolute Gasteiger partial charge is 0.319 e. The molecule has 1 aromatic carbocycles. The summed E-state index contributed by atoms with van der Waals surface area (Å²) in [4.78, 5) is 41.0. The molecule has 0 aliphatic carbocycles. The number of carboxylic acids is 1. The van der Waals surface area contributed by atoms with Gasteiger partial charge < -0.3 is 19.8 Å². The lowest BCUT2D eigenvalue weighted by atomic mass is 9.81. The van der Waals surface area contributed by atoms with E-state index in [4.69, 9.17) is 11.6 Å². The van der Waals surface area contributed by atoms with E-state index < -0.39 is 29.0 Å². The zero-order valence-electron chi connectivity index (χ0n) is 14.4. The Labute approximate surface area is 154 Å². The summed E-state index contributed by atoms with van der Waals surface area (Å²) in [6.45, 7) is 0.364. The third kappa shape index (κ3) is 2.88. The van der Waals surface area contributed by atoms with Gasteiger partial charge >= 0.3 is 12.0 Å². The number of hydrogen-bond donors (Lipinski definition) is 1. The summed E-state index contributed by atoms with van der Waals surface area (Å²) in [5, 5.41) is 9.97. The molecule has 2 atom stereocenters. The number of nitrogens with zero attached hydrogens (tertiary/aromatic N) is 3. The first kappa shape index (κ1) is 18.4. The standard InChI is InChI=1S/C17H19ClFN3O4/c1-20(2)16(26)22-7-10-6-21(8-17(10,9-22)15(24)25)14(23)12-4-3-11(18)5-13(12)19/h3-5,10H,6-9H2,1-2H3,(H,24,25)/t10-,17-/m0/s1. The molecule has 140 valence electrons. The first-order valence-electron chi connectivity index (χ1n) is 8.09. The number of hydrogen-bond acceptors (Lipinski definition) is 3. The van der Waals surface area contributed by atoms with Gasteiger partial charge in [0.05, 0.1) is 5.56 Å². The van der Waals surface area contributed by atoms with Crippen LogP contribution in [0.5, 0.6) is 0 Å². The molecule has 7 nitrogen and oxygen atoms in total. The molecule has 2 fully saturated rings. The third-order valence-electron chi connectivity index (χ3n) is 5.14. The minimum Gasteiger partial charge on any atom is -0.481 e. The Balaban J connectivity index is 1.83. The van der Waals surface area contributed by atoms with Crippen molar-refractivity contribution in [2.45, 2.75) is 0 Å². The fourth-order valence-corrected chi connectivity index (χ4v) is 3.94. The number of rotatable bonds is 2. The predicted octanol–water partition coefficient (Wildman–Crippen LogP) is 1.62. The third-order valence-corrected chi connectivity index (χ3v) is 5.37. The predicted molar refractivity (Wildman–Crippen MR) is 91.5 cm³/mol. The van der Waals surface area contributed by atoms with Gasteiger partial charge in [-0.05, 0) is 18.2 Å². The van der Waals surface area contributed by atoms with E-state index in [0.717, 1.165) is 6.07 Å². The van der Waals surface area contributed by atoms with E-state index in [2.05, 4.69) is 0 Å². The minimum atomic E-state index is -1.23. The molecule has 9 heteroatoms. The van der Waals surface area contributed by atoms with Gasteiger partial charge in [-0.1, -0.05) is 11.6 Å². The van der Waals surface area contributed by atoms with Crippen LogP contribution in [-0.2, 0) is 4.79 Å². The van der Waals surface area contributed by atoms with Gasteiger partial charge in [0, 0.05) is 51.2 Å². The quantitative estimate of drug-likeness (QED) is 0.841. The van der Waals surface area contributed by atoms with Crippen LogP contribution in [-0.4, -0.2) is 78.0 Å². The Bertz CT molecular complexity index is 787. The second-order valence-electron chi connectivity index (χ2n) is 7.03. The molecule has 1 N–H and O–H groups in total. The molecule has 0 spiro atoms. The molecule has 3 amide bonds. The molecule has 1 aromatic rings. The van der Waals surface area contributed by atoms with Crippen molar-refractivity contribution >= 4 is 29.5 Å². The number of fused-ring (bicyclic) bond motifs is 1. The number of halogens is 2. The topological polar surface area (TPSA) is 81.2 Å². The molecular formula is C17H19ClFN3O4. The zero-order chi connectivity index (χ0) is 19.2. The highest BCUT2D eigenvalue weighted by Crippen LogP contribution is 2.43. The Morgan fingerprint density at radius 3 is 2.38 bits per heavy atom. The van der Waals surface area contributed by atoms with Gasteiger partial charge in [0.2, 0.25) is 0 Å². The van der Waals surface area contributed by atoms with Crippen LogP contribution in [0.1, 0.15) is 10.4 Å². The highest BCUT2D eigenvalue weighted by Gasteiger charge is 2.59. The number of likely N-dealkylation sites (tertiary alicyclic amines) is 2. The van der Waals surface area contributed by atoms with Gasteiger partial charge in [0.15, 0.2) is 0 Å². The van der Waals surface area contributed by atoms with Crippen molar-refractivity contribution in [3.8, 4) is 0 Å². The van der Waals surface area contributed by atoms with Crippen molar-refractivity contribution in [3.63, 3.8) is 0 Å². The molecule has 2 heterocycles. The van der Waals surface area contributed by atoms with E-state index in [1.54, 1.807) is 14.1 Å². The molecule has 3 rings (SSSR count). The average Bonchev–Trinajstić information content (AvgIpc) is 3.08. The van der Waals surface area contributed by atoms with Gasteiger partial charge in [-0.2, -0.15) is 0 Å². The van der Waals surface area contributed by atoms with Crippen LogP contribution in [0.15, 0.2) is 18.2 Å². The first-order chi connectivity index (χ1) is 12.2. The van der Waals surface area contributed by atoms with Crippen molar-refractivity contribution in [1.82, 2.24) is 14.7 Å². The van der Waals surface area contributed by atoms with E-state index in [9.17, 15) is 23.9 Å². The Kier molecular flexibility index (Phi) is 4.56. The van der Waals surface area contributed by atoms with E-state index in [1.165, 1.54) is 26.8 Å². The summed E-state index contributed by atoms with van der Waals surface area (Å²) in [7, 11) is 3.20. The summed E-state index contributed by atoms with van der Waals surface area (Å²) in [6.07, 6.45) is 0. The highest BCUT2D eigenvalue weighted by atomic mass is 35.5. The molecule has 0 saturated carbocycles. The molecule has 2 aliphatic heterocycles. The maximum absolute atomic E-state index is 14.0. The van der Waals surface area contributed by atoms with Crippen LogP contribution in [0.25, 0.3) is 0 Å². The molecule has 0 unspecified atom stereocenters. The van der Waals surface area contributed by atoms with Crippen molar-refractivity contribution in [1.29, 1.82) is 0 Å². The number of carbonyl (C=O) groups excluding carboxylic acids is 2. The average molecular weight is 384 g/mol. The van der Waals surface area contributed by atoms with Gasteiger partial charge in [-0.25, -0.2) is 9.18 Å². The number of aliphatic carboxylic acids is 1. The first-order valence-corrected chi connectivity index (χ1v) is 8.47. The van der Waals surface area contributed by atoms with Crippen molar-refractivity contribution in [2.75, 3.05) is 40.3 Å². The monoisotopic (exact) mass is 383 g/mol. The van der Waals surface area contributed by atoms with Crippen molar-refractivity contribution in [2.24, 2.45) is 11.3 Å². The SMILES string of the molecule is CN(C)C(=O)N1C[C@@H]2CN(C(=O)c3ccc(Cl)cc3F)C[C@]2(C(=O)O)C1. The van der Waals surface area contributed by atoms with Crippen molar-refractivity contribution in [3.05, 3.63) is 34.6 Å². The second kappa shape index (κ2) is 6.42. The lowest BCUT2D eigenvalue weighted by Crippen LogP contribution is -2.45. The van der Waals surface area contributed by atoms with Gasteiger partial charge in [-0.15, -0.1) is 0 Å². The molecule has 2 saturated heterocycles. The zero-order valence-corrected chi connectivity index (χ0v) is 15.2. The number of urea groups is 1. The van der Waals surface area contributed by atoms with Crippen LogP contribution < -0.4 is 0 Å². The van der Waals surface area contributed by atoms with Crippen LogP contribution in [0.2, 0.25) is 5.02 Å². The largest absolute Gasteiger partial charge is 0.481 e. The molecule has 26 heavy (non-hydrogen) atoms. The van der Waals surface area contributed by atoms with Crippen LogP contribution >= 0.6 is 11.6 Å². The summed E-state index contributed by atoms with van der Waals surface area (Å²) in [5.74, 6) is -2.76. The summed E-state index contributed by atoms with van der Waals surface area (Å²) < 4.78 is 14.0. The van der Waals surface area contributed by atoms with Gasteiger partial charge in [0.1, 0.15) is 11.2 Å². The summed E-state index contributed by atoms with van der Waals surface area (Å²) >= 11 is 5.71. The minimum absolute atomic E-state index is 0.0247. The molecule has 0 bridgehead atoms. The normalized spacial score (nSPS) is 24.5.